The van der Waals surface area contributed by atoms with Crippen LogP contribution in [0.4, 0.5) is 0 Å². The number of aryl methyl sites for hydroxylation is 4. The molecule has 1 atom stereocenters. The van der Waals surface area contributed by atoms with E-state index < -0.39 is 0 Å². The zero-order valence-corrected chi connectivity index (χ0v) is 15.6. The zero-order valence-electron chi connectivity index (χ0n) is 14.0. The van der Waals surface area contributed by atoms with Crippen molar-refractivity contribution in [2.75, 3.05) is 0 Å². The molecular weight excluding hydrogens is 324 g/mol. The van der Waals surface area contributed by atoms with Crippen LogP contribution in [0.25, 0.3) is 10.2 Å². The Labute approximate surface area is 144 Å². The Balaban J connectivity index is 1.98. The quantitative estimate of drug-likeness (QED) is 0.675. The largest absolute Gasteiger partial charge is 0.309 e. The second-order valence-electron chi connectivity index (χ2n) is 5.94. The monoisotopic (exact) mass is 344 g/mol. The van der Waals surface area contributed by atoms with Crippen LogP contribution >= 0.6 is 23.1 Å². The summed E-state index contributed by atoms with van der Waals surface area (Å²) in [6.45, 7) is 10.3. The molecule has 0 fully saturated rings. The van der Waals surface area contributed by atoms with E-state index in [0.717, 1.165) is 26.5 Å². The van der Waals surface area contributed by atoms with Crippen LogP contribution in [0.3, 0.4) is 0 Å². The van der Waals surface area contributed by atoms with Gasteiger partial charge in [-0.25, -0.2) is 4.98 Å². The molecule has 23 heavy (non-hydrogen) atoms. The fourth-order valence-corrected chi connectivity index (χ4v) is 4.67. The van der Waals surface area contributed by atoms with Gasteiger partial charge in [0.25, 0.3) is 5.56 Å². The molecule has 3 nitrogen and oxygen atoms in total. The van der Waals surface area contributed by atoms with E-state index in [9.17, 15) is 4.79 Å². The van der Waals surface area contributed by atoms with Crippen molar-refractivity contribution >= 4 is 33.3 Å². The van der Waals surface area contributed by atoms with Gasteiger partial charge in [0.05, 0.1) is 10.6 Å². The van der Waals surface area contributed by atoms with E-state index in [-0.39, 0.29) is 10.8 Å². The smallest absolute Gasteiger partial charge is 0.259 e. The molecule has 0 amide bonds. The molecule has 1 aromatic carbocycles. The minimum Gasteiger partial charge on any atom is -0.309 e. The van der Waals surface area contributed by atoms with Gasteiger partial charge < -0.3 is 4.98 Å². The highest BCUT2D eigenvalue weighted by atomic mass is 32.2. The summed E-state index contributed by atoms with van der Waals surface area (Å²) in [5, 5.41) is 0.830. The van der Waals surface area contributed by atoms with E-state index in [2.05, 4.69) is 44.0 Å². The van der Waals surface area contributed by atoms with Crippen molar-refractivity contribution < 1.29 is 0 Å². The fraction of sp³-hybridized carbons (Fsp3) is 0.333. The molecule has 0 aliphatic rings. The average Bonchev–Trinajstić information content (AvgIpc) is 2.77. The first-order valence-electron chi connectivity index (χ1n) is 7.60. The summed E-state index contributed by atoms with van der Waals surface area (Å²) < 4.78 is 0. The minimum atomic E-state index is -0.0278. The van der Waals surface area contributed by atoms with E-state index in [1.165, 1.54) is 16.0 Å². The standard InChI is InChI=1S/C18H20N2OS2/c1-9-6-7-14(10(2)8-9)22-13(5)16-19-17(21)15-11(3)12(4)23-18(15)20-16/h6-8,13H,1-5H3,(H,19,20,21)/t13-/m0/s1. The highest BCUT2D eigenvalue weighted by Gasteiger charge is 2.16. The number of thiophene rings is 1. The number of H-pyrrole nitrogens is 1. The van der Waals surface area contributed by atoms with Crippen LogP contribution in [0.1, 0.15) is 39.6 Å². The first-order valence-corrected chi connectivity index (χ1v) is 9.30. The van der Waals surface area contributed by atoms with Crippen molar-refractivity contribution in [1.29, 1.82) is 0 Å². The van der Waals surface area contributed by atoms with Gasteiger partial charge in [-0.1, -0.05) is 17.7 Å². The first-order chi connectivity index (χ1) is 10.9. The number of rotatable bonds is 3. The Morgan fingerprint density at radius 1 is 1.22 bits per heavy atom. The van der Waals surface area contributed by atoms with Gasteiger partial charge in [-0.05, 0) is 51.8 Å². The lowest BCUT2D eigenvalue weighted by molar-refractivity contribution is 0.924. The number of nitrogens with one attached hydrogen (secondary N) is 1. The lowest BCUT2D eigenvalue weighted by atomic mass is 10.2. The van der Waals surface area contributed by atoms with Gasteiger partial charge in [0.15, 0.2) is 0 Å². The van der Waals surface area contributed by atoms with Gasteiger partial charge in [0.2, 0.25) is 0 Å². The van der Waals surface area contributed by atoms with Crippen molar-refractivity contribution in [3.05, 3.63) is 55.9 Å². The van der Waals surface area contributed by atoms with Gasteiger partial charge in [-0.2, -0.15) is 0 Å². The molecule has 5 heteroatoms. The number of aromatic amines is 1. The van der Waals surface area contributed by atoms with Crippen LogP contribution in [0.15, 0.2) is 27.9 Å². The second-order valence-corrected chi connectivity index (χ2v) is 8.53. The normalized spacial score (nSPS) is 12.7. The van der Waals surface area contributed by atoms with Gasteiger partial charge in [0, 0.05) is 9.77 Å². The van der Waals surface area contributed by atoms with Crippen LogP contribution in [0, 0.1) is 27.7 Å². The third-order valence-electron chi connectivity index (χ3n) is 4.08. The average molecular weight is 345 g/mol. The molecule has 120 valence electrons. The predicted molar refractivity (Wildman–Crippen MR) is 99.9 cm³/mol. The highest BCUT2D eigenvalue weighted by molar-refractivity contribution is 7.99. The topological polar surface area (TPSA) is 45.8 Å². The minimum absolute atomic E-state index is 0.0278. The summed E-state index contributed by atoms with van der Waals surface area (Å²) in [7, 11) is 0. The number of fused-ring (bicyclic) bond motifs is 1. The molecule has 3 rings (SSSR count). The lowest BCUT2D eigenvalue weighted by Gasteiger charge is -2.13. The summed E-state index contributed by atoms with van der Waals surface area (Å²) >= 11 is 3.33. The summed E-state index contributed by atoms with van der Waals surface area (Å²) in [4.78, 5) is 23.3. The molecule has 2 aromatic heterocycles. The maximum absolute atomic E-state index is 12.4. The number of thioether (sulfide) groups is 1. The van der Waals surface area contributed by atoms with Gasteiger partial charge >= 0.3 is 0 Å². The summed E-state index contributed by atoms with van der Waals surface area (Å²) in [5.41, 5.74) is 3.53. The molecule has 0 spiro atoms. The van der Waals surface area contributed by atoms with E-state index >= 15 is 0 Å². The van der Waals surface area contributed by atoms with Crippen molar-refractivity contribution in [3.63, 3.8) is 0 Å². The molecule has 0 radical (unpaired) electrons. The van der Waals surface area contributed by atoms with Crippen LogP contribution in [0.2, 0.25) is 0 Å². The Kier molecular flexibility index (Phi) is 4.34. The molecule has 0 saturated carbocycles. The lowest BCUT2D eigenvalue weighted by Crippen LogP contribution is -2.12. The molecule has 2 heterocycles. The predicted octanol–water partition coefficient (Wildman–Crippen LogP) is 5.07. The molecular formula is C18H20N2OS2. The summed E-state index contributed by atoms with van der Waals surface area (Å²) in [5.74, 6) is 0.744. The maximum Gasteiger partial charge on any atom is 0.259 e. The maximum atomic E-state index is 12.4. The number of benzene rings is 1. The third-order valence-corrected chi connectivity index (χ3v) is 6.47. The highest BCUT2D eigenvalue weighted by Crippen LogP contribution is 2.36. The van der Waals surface area contributed by atoms with Crippen molar-refractivity contribution in [3.8, 4) is 0 Å². The van der Waals surface area contributed by atoms with E-state index in [4.69, 9.17) is 4.98 Å². The molecule has 0 unspecified atom stereocenters. The van der Waals surface area contributed by atoms with Crippen LogP contribution in [-0.2, 0) is 0 Å². The Hall–Kier alpha value is -1.59. The first kappa shape index (κ1) is 16.3. The summed E-state index contributed by atoms with van der Waals surface area (Å²) in [6.07, 6.45) is 0. The second kappa shape index (κ2) is 6.13. The molecule has 0 bridgehead atoms. The molecule has 0 saturated heterocycles. The van der Waals surface area contributed by atoms with Crippen LogP contribution in [0.5, 0.6) is 0 Å². The van der Waals surface area contributed by atoms with Crippen molar-refractivity contribution in [1.82, 2.24) is 9.97 Å². The molecule has 3 aromatic rings. The number of hydrogen-bond donors (Lipinski definition) is 1. The number of hydrogen-bond acceptors (Lipinski definition) is 4. The van der Waals surface area contributed by atoms with Gasteiger partial charge in [-0.15, -0.1) is 23.1 Å². The number of aromatic nitrogens is 2. The molecule has 0 aliphatic heterocycles. The van der Waals surface area contributed by atoms with E-state index in [1.54, 1.807) is 23.1 Å². The Bertz CT molecular complexity index is 940. The Morgan fingerprint density at radius 2 is 1.96 bits per heavy atom. The van der Waals surface area contributed by atoms with Crippen LogP contribution < -0.4 is 5.56 Å². The van der Waals surface area contributed by atoms with Crippen molar-refractivity contribution in [2.45, 2.75) is 44.8 Å². The van der Waals surface area contributed by atoms with Crippen molar-refractivity contribution in [2.24, 2.45) is 0 Å². The van der Waals surface area contributed by atoms with Gasteiger partial charge in [0.1, 0.15) is 10.7 Å². The van der Waals surface area contributed by atoms with Crippen LogP contribution in [-0.4, -0.2) is 9.97 Å². The number of nitrogens with zero attached hydrogens (tertiary/aromatic N) is 1. The zero-order chi connectivity index (χ0) is 16.7. The Morgan fingerprint density at radius 3 is 2.65 bits per heavy atom. The van der Waals surface area contributed by atoms with E-state index in [1.807, 2.05) is 13.8 Å². The fourth-order valence-electron chi connectivity index (χ4n) is 2.64. The molecule has 0 aliphatic carbocycles. The third kappa shape index (κ3) is 3.08. The SMILES string of the molecule is Cc1ccc(S[C@@H](C)c2nc3sc(C)c(C)c3c(=O)[nH]2)c(C)c1. The summed E-state index contributed by atoms with van der Waals surface area (Å²) in [6, 6.07) is 6.44. The molecule has 1 N–H and O–H groups in total. The van der Waals surface area contributed by atoms with E-state index in [0.29, 0.717) is 0 Å². The van der Waals surface area contributed by atoms with Gasteiger partial charge in [-0.3, -0.25) is 4.79 Å².